The van der Waals surface area contributed by atoms with Crippen LogP contribution in [-0.4, -0.2) is 112 Å². The van der Waals surface area contributed by atoms with Crippen molar-refractivity contribution in [2.45, 2.75) is 42.6 Å². The number of anilines is 1. The Labute approximate surface area is 271 Å². The number of amides is 3. The van der Waals surface area contributed by atoms with Gasteiger partial charge < -0.3 is 14.4 Å². The maximum atomic E-state index is 14.2. The van der Waals surface area contributed by atoms with Gasteiger partial charge >= 0.3 is 208 Å². The molecule has 0 radical (unpaired) electrons. The molecule has 0 aliphatic carbocycles. The molecule has 0 bridgehead atoms. The van der Waals surface area contributed by atoms with Crippen LogP contribution in [0.4, 0.5) is 10.5 Å². The monoisotopic (exact) mass is 735 g/mol. The Kier molecular flexibility index (Phi) is 10.5. The Morgan fingerprint density at radius 2 is 1.84 bits per heavy atom. The molecule has 0 saturated carbocycles. The Morgan fingerprint density at radius 3 is 2.53 bits per heavy atom. The van der Waals surface area contributed by atoms with E-state index in [1.807, 2.05) is 40.1 Å². The van der Waals surface area contributed by atoms with Gasteiger partial charge in [0.2, 0.25) is 6.79 Å². The number of fused-ring (bicyclic) bond motifs is 1. The van der Waals surface area contributed by atoms with Crippen LogP contribution in [0.2, 0.25) is 0 Å². The number of carboxylic acid groups (broad SMARTS) is 1. The summed E-state index contributed by atoms with van der Waals surface area (Å²) in [7, 11) is 1.78. The Bertz CT molecular complexity index is 1400. The number of hydrogen-bond donors (Lipinski definition) is 1. The van der Waals surface area contributed by atoms with Crippen LogP contribution in [0.1, 0.15) is 43.2 Å². The third kappa shape index (κ3) is 7.85. The fraction of sp³-hybridized carbons (Fsp3) is 0.559. The number of hydrogen-bond acceptors (Lipinski definition) is 6. The van der Waals surface area contributed by atoms with E-state index in [2.05, 4.69) is 33.8 Å². The van der Waals surface area contributed by atoms with Crippen molar-refractivity contribution in [3.8, 4) is 11.5 Å². The molecule has 0 spiro atoms. The molecule has 3 heterocycles. The van der Waals surface area contributed by atoms with Gasteiger partial charge in [-0.2, -0.15) is 0 Å². The number of halogens is 1. The van der Waals surface area contributed by atoms with E-state index < -0.39 is 36.4 Å². The summed E-state index contributed by atoms with van der Waals surface area (Å²) >= 11 is -1.79. The molecule has 2 aromatic carbocycles. The van der Waals surface area contributed by atoms with Gasteiger partial charge in [-0.25, -0.2) is 4.79 Å². The second-order valence-electron chi connectivity index (χ2n) is 13.2. The number of likely N-dealkylation sites (tertiary alicyclic amines) is 1. The topological polar surface area (TPSA) is 103 Å². The average Bonchev–Trinajstić information content (AvgIpc) is 3.68. The van der Waals surface area contributed by atoms with Crippen molar-refractivity contribution >= 4 is 23.6 Å². The molecular weight excluding hydrogens is 687 g/mol. The van der Waals surface area contributed by atoms with Crippen LogP contribution in [0.15, 0.2) is 42.5 Å². The van der Waals surface area contributed by atoms with Gasteiger partial charge in [-0.05, 0) is 6.07 Å². The average molecular weight is 736 g/mol. The zero-order chi connectivity index (χ0) is 32.3. The van der Waals surface area contributed by atoms with E-state index >= 15 is 0 Å². The van der Waals surface area contributed by atoms with E-state index in [-0.39, 0.29) is 31.2 Å². The first-order chi connectivity index (χ1) is 21.4. The molecule has 1 N–H and O–H groups in total. The van der Waals surface area contributed by atoms with Crippen molar-refractivity contribution in [3.05, 3.63) is 53.6 Å². The molecule has 3 amide bonds. The van der Waals surface area contributed by atoms with Crippen LogP contribution >= 0.6 is 0 Å². The number of urea groups is 1. The molecule has 5 rings (SSSR count). The summed E-state index contributed by atoms with van der Waals surface area (Å²) < 4.78 is 12.2. The van der Waals surface area contributed by atoms with E-state index in [4.69, 9.17) is 9.47 Å². The summed E-state index contributed by atoms with van der Waals surface area (Å²) in [6, 6.07) is 13.5. The second-order valence-corrected chi connectivity index (χ2v) is 25.0. The van der Waals surface area contributed by atoms with E-state index in [9.17, 15) is 19.5 Å². The molecule has 0 aromatic heterocycles. The molecule has 2 fully saturated rings. The standard InChI is InChI=1S/C34H48IN4O6/c1-6-7-14-39(26-10-8-9-24(18-26)20-35(2,3)4)31(40)22-38-21-27(25-11-12-29-30(19-25)45-23-44-29)32(33(41)42)28(38)13-15-37-17-16-36(5)34(37)43/h8-12,18-19,27-28,32H,6-7,13-17,20-23H2,1-5H3,(H,41,42)/q-1/t27-,28+,32-/m1/s1. The fourth-order valence-electron chi connectivity index (χ4n) is 6.78. The number of carboxylic acids is 1. The van der Waals surface area contributed by atoms with Gasteiger partial charge in [0.05, 0.1) is 0 Å². The van der Waals surface area contributed by atoms with E-state index in [1.165, 1.54) is 5.56 Å². The van der Waals surface area contributed by atoms with E-state index in [1.54, 1.807) is 16.8 Å². The molecule has 2 aromatic rings. The number of likely N-dealkylation sites (N-methyl/N-ethyl adjacent to an activating group) is 1. The van der Waals surface area contributed by atoms with Gasteiger partial charge in [0, 0.05) is 20.1 Å². The fourth-order valence-corrected chi connectivity index (χ4v) is 9.89. The predicted molar refractivity (Wildman–Crippen MR) is 171 cm³/mol. The number of carbonyl (C=O) groups excluding carboxylic acids is 2. The zero-order valence-corrected chi connectivity index (χ0v) is 29.4. The van der Waals surface area contributed by atoms with Crippen LogP contribution in [0.5, 0.6) is 11.5 Å². The van der Waals surface area contributed by atoms with E-state index in [0.717, 1.165) is 28.5 Å². The first-order valence-corrected chi connectivity index (χ1v) is 23.8. The first-order valence-electron chi connectivity index (χ1n) is 15.8. The number of rotatable bonds is 13. The summed E-state index contributed by atoms with van der Waals surface area (Å²) in [6.45, 7) is 5.09. The quantitative estimate of drug-likeness (QED) is 0.243. The molecule has 11 heteroatoms. The number of benzene rings is 2. The Balaban J connectivity index is 1.43. The number of aliphatic carboxylic acids is 1. The molecule has 248 valence electrons. The summed E-state index contributed by atoms with van der Waals surface area (Å²) in [5.41, 5.74) is 3.02. The number of carbonyl (C=O) groups is 3. The normalized spacial score (nSPS) is 21.9. The molecule has 2 saturated heterocycles. The van der Waals surface area contributed by atoms with Crippen molar-refractivity contribution in [2.24, 2.45) is 5.92 Å². The van der Waals surface area contributed by atoms with Crippen LogP contribution in [-0.2, 0) is 14.0 Å². The van der Waals surface area contributed by atoms with Crippen molar-refractivity contribution in [1.82, 2.24) is 14.7 Å². The van der Waals surface area contributed by atoms with Gasteiger partial charge in [-0.15, -0.1) is 0 Å². The molecular formula is C34H48IN4O6-. The summed E-state index contributed by atoms with van der Waals surface area (Å²) in [6.07, 6.45) is 2.30. The SMILES string of the molecule is CCCCN(C(=O)CN1C[C@H](c2ccc3c(c2)OCO3)[C@@H](C(=O)O)[C@@H]1CCN1CCN(C)C1=O)c1cccc(C[I-](C)(C)C)c1. The molecule has 3 aliphatic rings. The summed E-state index contributed by atoms with van der Waals surface area (Å²) in [4.78, 5) is 54.4. The van der Waals surface area contributed by atoms with Gasteiger partial charge in [-0.3, -0.25) is 0 Å². The summed E-state index contributed by atoms with van der Waals surface area (Å²) in [5, 5.41) is 10.6. The van der Waals surface area contributed by atoms with Crippen molar-refractivity contribution in [2.75, 3.05) is 72.8 Å². The maximum absolute atomic E-state index is 14.2. The van der Waals surface area contributed by atoms with Gasteiger partial charge in [0.15, 0.2) is 11.5 Å². The van der Waals surface area contributed by atoms with Gasteiger partial charge in [-0.1, -0.05) is 0 Å². The predicted octanol–water partition coefficient (Wildman–Crippen LogP) is 1.02. The molecule has 10 nitrogen and oxygen atoms in total. The third-order valence-corrected chi connectivity index (χ3v) is 12.2. The van der Waals surface area contributed by atoms with Crippen molar-refractivity contribution in [3.63, 3.8) is 0 Å². The number of nitrogens with zero attached hydrogens (tertiary/aromatic N) is 4. The van der Waals surface area contributed by atoms with Crippen LogP contribution < -0.4 is 32.8 Å². The molecule has 3 aliphatic heterocycles. The Hall–Kier alpha value is -3.06. The summed E-state index contributed by atoms with van der Waals surface area (Å²) in [5.74, 6) is -0.775. The third-order valence-electron chi connectivity index (χ3n) is 9.01. The molecule has 3 atom stereocenters. The van der Waals surface area contributed by atoms with Gasteiger partial charge in [0.25, 0.3) is 0 Å². The number of ether oxygens (including phenoxy) is 2. The zero-order valence-electron chi connectivity index (χ0n) is 27.2. The van der Waals surface area contributed by atoms with Crippen LogP contribution in [0.25, 0.3) is 0 Å². The van der Waals surface area contributed by atoms with Crippen molar-refractivity contribution in [1.29, 1.82) is 0 Å². The molecule has 45 heavy (non-hydrogen) atoms. The number of unbranched alkanes of at least 4 members (excludes halogenated alkanes) is 1. The van der Waals surface area contributed by atoms with Crippen LogP contribution in [0.3, 0.4) is 0 Å². The minimum atomic E-state index is -1.79. The van der Waals surface area contributed by atoms with Crippen LogP contribution in [0, 0.1) is 5.92 Å². The second kappa shape index (κ2) is 14.1. The first kappa shape index (κ1) is 33.3. The van der Waals surface area contributed by atoms with Crippen molar-refractivity contribution < 1.29 is 47.4 Å². The minimum absolute atomic E-state index is 0.0327. The number of alkyl halides is 4. The van der Waals surface area contributed by atoms with Gasteiger partial charge in [0.1, 0.15) is 0 Å². The Morgan fingerprint density at radius 1 is 1.07 bits per heavy atom. The molecule has 0 unspecified atom stereocenters. The van der Waals surface area contributed by atoms with E-state index in [0.29, 0.717) is 50.6 Å².